The van der Waals surface area contributed by atoms with Gasteiger partial charge in [-0.05, 0) is 59.7 Å². The quantitative estimate of drug-likeness (QED) is 0.511. The van der Waals surface area contributed by atoms with Crippen LogP contribution < -0.4 is 9.47 Å². The first kappa shape index (κ1) is 23.9. The third-order valence-corrected chi connectivity index (χ3v) is 5.90. The highest BCUT2D eigenvalue weighted by atomic mass is 19.1. The molecule has 0 aromatic heterocycles. The van der Waals surface area contributed by atoms with Crippen molar-refractivity contribution in [1.29, 1.82) is 0 Å². The summed E-state index contributed by atoms with van der Waals surface area (Å²) in [5.74, 6) is 0.387. The maximum absolute atomic E-state index is 13.4. The summed E-state index contributed by atoms with van der Waals surface area (Å²) < 4.78 is 23.8. The molecule has 1 heterocycles. The Kier molecular flexibility index (Phi) is 7.10. The number of hydrazone groups is 1. The van der Waals surface area contributed by atoms with Crippen LogP contribution in [-0.4, -0.2) is 55.2 Å². The van der Waals surface area contributed by atoms with Crippen molar-refractivity contribution in [2.75, 3.05) is 27.8 Å². The van der Waals surface area contributed by atoms with Gasteiger partial charge in [-0.3, -0.25) is 9.59 Å². The van der Waals surface area contributed by atoms with Crippen LogP contribution in [0.4, 0.5) is 4.39 Å². The van der Waals surface area contributed by atoms with Crippen molar-refractivity contribution in [1.82, 2.24) is 9.91 Å². The lowest BCUT2D eigenvalue weighted by molar-refractivity contribution is -0.133. The van der Waals surface area contributed by atoms with Crippen LogP contribution in [0.15, 0.2) is 77.9 Å². The second-order valence-corrected chi connectivity index (χ2v) is 8.17. The molecule has 180 valence electrons. The molecule has 3 aromatic rings. The lowest BCUT2D eigenvalue weighted by Gasteiger charge is -2.25. The Balaban J connectivity index is 1.56. The average Bonchev–Trinajstić information content (AvgIpc) is 3.34. The maximum atomic E-state index is 13.4. The maximum Gasteiger partial charge on any atom is 0.262 e. The molecule has 0 radical (unpaired) electrons. The Morgan fingerprint density at radius 2 is 1.51 bits per heavy atom. The van der Waals surface area contributed by atoms with Gasteiger partial charge < -0.3 is 14.4 Å². The molecule has 0 unspecified atom stereocenters. The Bertz CT molecular complexity index is 1220. The van der Waals surface area contributed by atoms with Crippen molar-refractivity contribution in [3.05, 3.63) is 95.3 Å². The molecule has 2 amide bonds. The molecule has 0 N–H and O–H groups in total. The predicted molar refractivity (Wildman–Crippen MR) is 130 cm³/mol. The summed E-state index contributed by atoms with van der Waals surface area (Å²) in [7, 11) is 4.72. The number of methoxy groups -OCH3 is 2. The Hall–Kier alpha value is -4.20. The van der Waals surface area contributed by atoms with Gasteiger partial charge in [0.1, 0.15) is 23.9 Å². The summed E-state index contributed by atoms with van der Waals surface area (Å²) in [5.41, 5.74) is 2.74. The van der Waals surface area contributed by atoms with E-state index in [0.717, 1.165) is 11.1 Å². The van der Waals surface area contributed by atoms with Crippen molar-refractivity contribution in [2.45, 2.75) is 12.5 Å². The second kappa shape index (κ2) is 10.4. The highest BCUT2D eigenvalue weighted by molar-refractivity contribution is 6.03. The molecule has 4 rings (SSSR count). The van der Waals surface area contributed by atoms with Gasteiger partial charge >= 0.3 is 0 Å². The molecule has 1 atom stereocenters. The van der Waals surface area contributed by atoms with Crippen LogP contribution in [0, 0.1) is 5.82 Å². The largest absolute Gasteiger partial charge is 0.497 e. The van der Waals surface area contributed by atoms with Crippen LogP contribution in [0.3, 0.4) is 0 Å². The number of likely N-dealkylation sites (N-methyl/N-ethyl adjacent to an activating group) is 1. The van der Waals surface area contributed by atoms with E-state index in [0.29, 0.717) is 29.2 Å². The van der Waals surface area contributed by atoms with E-state index in [1.165, 1.54) is 22.0 Å². The zero-order valence-electron chi connectivity index (χ0n) is 19.8. The monoisotopic (exact) mass is 475 g/mol. The summed E-state index contributed by atoms with van der Waals surface area (Å²) in [4.78, 5) is 27.6. The zero-order valence-corrected chi connectivity index (χ0v) is 19.8. The summed E-state index contributed by atoms with van der Waals surface area (Å²) in [6, 6.07) is 19.8. The molecular weight excluding hydrogens is 449 g/mol. The molecule has 1 aliphatic heterocycles. The molecule has 0 saturated heterocycles. The number of hydrogen-bond donors (Lipinski definition) is 0. The van der Waals surface area contributed by atoms with Gasteiger partial charge in [0.15, 0.2) is 0 Å². The van der Waals surface area contributed by atoms with Crippen LogP contribution >= 0.6 is 0 Å². The molecule has 8 heteroatoms. The van der Waals surface area contributed by atoms with Gasteiger partial charge in [-0.2, -0.15) is 5.10 Å². The molecule has 3 aromatic carbocycles. The fraction of sp³-hybridized carbons (Fsp3) is 0.222. The molecule has 1 aliphatic rings. The first-order valence-corrected chi connectivity index (χ1v) is 11.1. The van der Waals surface area contributed by atoms with Crippen molar-refractivity contribution in [3.8, 4) is 11.5 Å². The van der Waals surface area contributed by atoms with Gasteiger partial charge in [0.25, 0.3) is 11.8 Å². The van der Waals surface area contributed by atoms with E-state index in [1.807, 2.05) is 24.3 Å². The second-order valence-electron chi connectivity index (χ2n) is 8.17. The van der Waals surface area contributed by atoms with Gasteiger partial charge in [0, 0.05) is 19.0 Å². The third kappa shape index (κ3) is 5.32. The standard InChI is InChI=1S/C27H26FN3O4/c1-30(27(33)20-8-14-23(35-3)15-9-20)17-26(32)31-25(19-6-12-22(34-2)13-7-19)16-24(29-31)18-4-10-21(28)11-5-18/h4-15,25H,16-17H2,1-3H3/t25-/m0/s1. The minimum atomic E-state index is -0.363. The number of benzene rings is 3. The first-order valence-electron chi connectivity index (χ1n) is 11.1. The molecule has 7 nitrogen and oxygen atoms in total. The van der Waals surface area contributed by atoms with Gasteiger partial charge in [0.2, 0.25) is 0 Å². The van der Waals surface area contributed by atoms with Crippen LogP contribution in [0.1, 0.15) is 33.9 Å². The highest BCUT2D eigenvalue weighted by Crippen LogP contribution is 2.33. The van der Waals surface area contributed by atoms with E-state index in [-0.39, 0.29) is 30.2 Å². The minimum Gasteiger partial charge on any atom is -0.497 e. The molecule has 35 heavy (non-hydrogen) atoms. The number of amides is 2. The molecule has 0 bridgehead atoms. The summed E-state index contributed by atoms with van der Waals surface area (Å²) in [5, 5.41) is 6.00. The third-order valence-electron chi connectivity index (χ3n) is 5.90. The van der Waals surface area contributed by atoms with Gasteiger partial charge in [-0.1, -0.05) is 24.3 Å². The number of carbonyl (C=O) groups excluding carboxylic acids is 2. The first-order chi connectivity index (χ1) is 16.9. The normalized spacial score (nSPS) is 14.9. The van der Waals surface area contributed by atoms with Gasteiger partial charge in [-0.25, -0.2) is 9.40 Å². The molecule has 0 aliphatic carbocycles. The van der Waals surface area contributed by atoms with Gasteiger partial charge in [0.05, 0.1) is 26.0 Å². The SMILES string of the molecule is COc1ccc(C(=O)N(C)CC(=O)N2N=C(c3ccc(F)cc3)C[C@H]2c2ccc(OC)cc2)cc1. The van der Waals surface area contributed by atoms with Crippen molar-refractivity contribution in [2.24, 2.45) is 5.10 Å². The number of halogens is 1. The van der Waals surface area contributed by atoms with Crippen LogP contribution in [-0.2, 0) is 4.79 Å². The minimum absolute atomic E-state index is 0.155. The Morgan fingerprint density at radius 1 is 0.943 bits per heavy atom. The number of ether oxygens (including phenoxy) is 2. The molecule has 0 spiro atoms. The van der Waals surface area contributed by atoms with E-state index in [9.17, 15) is 14.0 Å². The van der Waals surface area contributed by atoms with Crippen molar-refractivity contribution in [3.63, 3.8) is 0 Å². The van der Waals surface area contributed by atoms with Crippen molar-refractivity contribution < 1.29 is 23.5 Å². The molecule has 0 saturated carbocycles. The fourth-order valence-electron chi connectivity index (χ4n) is 3.94. The van der Waals surface area contributed by atoms with E-state index in [1.54, 1.807) is 57.7 Å². The lowest BCUT2D eigenvalue weighted by atomic mass is 9.98. The van der Waals surface area contributed by atoms with Crippen LogP contribution in [0.2, 0.25) is 0 Å². The van der Waals surface area contributed by atoms with Gasteiger partial charge in [-0.15, -0.1) is 0 Å². The van der Waals surface area contributed by atoms with E-state index in [2.05, 4.69) is 5.10 Å². The molecular formula is C27H26FN3O4. The summed E-state index contributed by atoms with van der Waals surface area (Å²) in [6.07, 6.45) is 0.458. The van der Waals surface area contributed by atoms with Crippen molar-refractivity contribution >= 4 is 17.5 Å². The lowest BCUT2D eigenvalue weighted by Crippen LogP contribution is -2.39. The molecule has 0 fully saturated rings. The number of hydrogen-bond acceptors (Lipinski definition) is 5. The number of carbonyl (C=O) groups is 2. The Morgan fingerprint density at radius 3 is 2.09 bits per heavy atom. The van der Waals surface area contributed by atoms with E-state index in [4.69, 9.17) is 9.47 Å². The number of nitrogens with zero attached hydrogens (tertiary/aromatic N) is 3. The summed E-state index contributed by atoms with van der Waals surface area (Å²) in [6.45, 7) is -0.155. The zero-order chi connectivity index (χ0) is 24.9. The smallest absolute Gasteiger partial charge is 0.262 e. The van der Waals surface area contributed by atoms with Crippen LogP contribution in [0.25, 0.3) is 0 Å². The fourth-order valence-corrected chi connectivity index (χ4v) is 3.94. The average molecular weight is 476 g/mol. The van der Waals surface area contributed by atoms with E-state index >= 15 is 0 Å². The Labute approximate surface area is 203 Å². The topological polar surface area (TPSA) is 71.4 Å². The number of rotatable bonds is 7. The van der Waals surface area contributed by atoms with E-state index < -0.39 is 0 Å². The predicted octanol–water partition coefficient (Wildman–Crippen LogP) is 4.29. The summed E-state index contributed by atoms with van der Waals surface area (Å²) >= 11 is 0. The highest BCUT2D eigenvalue weighted by Gasteiger charge is 2.34. The van der Waals surface area contributed by atoms with Crippen LogP contribution in [0.5, 0.6) is 11.5 Å².